The van der Waals surface area contributed by atoms with Crippen LogP contribution < -0.4 is 0 Å². The standard InChI is InChI=1S/C19H15Cl3N2O2/c1-24(8-9-25)19(26)13-10-16(23-15-5-3-2-4-11(13)15)12-6-7-14(20)18(22)17(12)21/h2-7,10,25H,8-9H2,1H3. The van der Waals surface area contributed by atoms with E-state index in [1.165, 1.54) is 4.90 Å². The summed E-state index contributed by atoms with van der Waals surface area (Å²) in [5.74, 6) is -0.213. The van der Waals surface area contributed by atoms with Gasteiger partial charge in [-0.15, -0.1) is 0 Å². The highest BCUT2D eigenvalue weighted by Gasteiger charge is 2.19. The molecule has 0 aliphatic rings. The van der Waals surface area contributed by atoms with Crippen LogP contribution in [0.2, 0.25) is 15.1 Å². The van der Waals surface area contributed by atoms with Crippen molar-refractivity contribution in [2.24, 2.45) is 0 Å². The zero-order chi connectivity index (χ0) is 18.8. The van der Waals surface area contributed by atoms with Crippen molar-refractivity contribution in [2.45, 2.75) is 0 Å². The Morgan fingerprint density at radius 2 is 1.85 bits per heavy atom. The molecule has 0 bridgehead atoms. The van der Waals surface area contributed by atoms with Gasteiger partial charge in [-0.25, -0.2) is 4.98 Å². The number of aliphatic hydroxyl groups is 1. The van der Waals surface area contributed by atoms with E-state index in [2.05, 4.69) is 4.98 Å². The molecule has 2 aromatic carbocycles. The van der Waals surface area contributed by atoms with E-state index >= 15 is 0 Å². The number of para-hydroxylation sites is 1. The lowest BCUT2D eigenvalue weighted by Crippen LogP contribution is -2.29. The highest BCUT2D eigenvalue weighted by atomic mass is 35.5. The molecule has 4 nitrogen and oxygen atoms in total. The molecule has 0 aliphatic carbocycles. The van der Waals surface area contributed by atoms with E-state index < -0.39 is 0 Å². The molecule has 1 heterocycles. The van der Waals surface area contributed by atoms with Crippen LogP contribution in [0.4, 0.5) is 0 Å². The molecule has 3 aromatic rings. The summed E-state index contributed by atoms with van der Waals surface area (Å²) in [6.45, 7) is 0.120. The predicted molar refractivity (Wildman–Crippen MR) is 106 cm³/mol. The third kappa shape index (κ3) is 3.51. The zero-order valence-corrected chi connectivity index (χ0v) is 16.1. The highest BCUT2D eigenvalue weighted by Crippen LogP contribution is 2.38. The van der Waals surface area contributed by atoms with E-state index in [1.807, 2.05) is 24.3 Å². The van der Waals surface area contributed by atoms with Crippen LogP contribution in [0.3, 0.4) is 0 Å². The van der Waals surface area contributed by atoms with Crippen LogP contribution in [0, 0.1) is 0 Å². The van der Waals surface area contributed by atoms with Gasteiger partial charge >= 0.3 is 0 Å². The number of halogens is 3. The van der Waals surface area contributed by atoms with Gasteiger partial charge in [0.05, 0.1) is 38.4 Å². The first-order valence-electron chi connectivity index (χ1n) is 7.84. The number of amides is 1. The second-order valence-corrected chi connectivity index (χ2v) is 6.91. The van der Waals surface area contributed by atoms with E-state index in [0.717, 1.165) is 5.39 Å². The molecule has 1 N–H and O–H groups in total. The minimum Gasteiger partial charge on any atom is -0.395 e. The van der Waals surface area contributed by atoms with Crippen LogP contribution in [0.25, 0.3) is 22.2 Å². The van der Waals surface area contributed by atoms with E-state index in [-0.39, 0.29) is 29.1 Å². The summed E-state index contributed by atoms with van der Waals surface area (Å²) in [4.78, 5) is 18.9. The lowest BCUT2D eigenvalue weighted by Gasteiger charge is -2.18. The fourth-order valence-corrected chi connectivity index (χ4v) is 3.30. The highest BCUT2D eigenvalue weighted by molar-refractivity contribution is 6.49. The van der Waals surface area contributed by atoms with Crippen LogP contribution in [-0.4, -0.2) is 41.1 Å². The maximum absolute atomic E-state index is 12.8. The molecule has 0 unspecified atom stereocenters. The average Bonchev–Trinajstić information content (AvgIpc) is 2.65. The van der Waals surface area contributed by atoms with Crippen molar-refractivity contribution >= 4 is 51.6 Å². The topological polar surface area (TPSA) is 53.4 Å². The Morgan fingerprint density at radius 3 is 2.58 bits per heavy atom. The number of pyridine rings is 1. The Labute approximate surface area is 165 Å². The molecule has 0 spiro atoms. The van der Waals surface area contributed by atoms with Gasteiger partial charge < -0.3 is 10.0 Å². The fraction of sp³-hybridized carbons (Fsp3) is 0.158. The fourth-order valence-electron chi connectivity index (χ4n) is 2.67. The van der Waals surface area contributed by atoms with Gasteiger partial charge in [-0.05, 0) is 24.3 Å². The Morgan fingerprint density at radius 1 is 1.12 bits per heavy atom. The predicted octanol–water partition coefficient (Wildman–Crippen LogP) is 4.93. The number of carbonyl (C=O) groups is 1. The third-order valence-electron chi connectivity index (χ3n) is 4.04. The Bertz CT molecular complexity index is 992. The van der Waals surface area contributed by atoms with Crippen LogP contribution in [0.5, 0.6) is 0 Å². The monoisotopic (exact) mass is 408 g/mol. The minimum atomic E-state index is -0.213. The maximum atomic E-state index is 12.8. The normalized spacial score (nSPS) is 11.0. The summed E-state index contributed by atoms with van der Waals surface area (Å²) in [7, 11) is 1.64. The lowest BCUT2D eigenvalue weighted by atomic mass is 10.0. The second-order valence-electron chi connectivity index (χ2n) is 5.75. The van der Waals surface area contributed by atoms with Crippen LogP contribution in [0.15, 0.2) is 42.5 Å². The summed E-state index contributed by atoms with van der Waals surface area (Å²) in [5.41, 5.74) is 2.25. The van der Waals surface area contributed by atoms with Crippen molar-refractivity contribution in [1.82, 2.24) is 9.88 Å². The van der Waals surface area contributed by atoms with Gasteiger partial charge in [-0.3, -0.25) is 4.79 Å². The van der Waals surface area contributed by atoms with Crippen molar-refractivity contribution in [3.8, 4) is 11.3 Å². The first-order chi connectivity index (χ1) is 12.4. The summed E-state index contributed by atoms with van der Waals surface area (Å²) in [6, 6.07) is 12.4. The largest absolute Gasteiger partial charge is 0.395 e. The smallest absolute Gasteiger partial charge is 0.254 e. The molecule has 26 heavy (non-hydrogen) atoms. The van der Waals surface area contributed by atoms with Crippen molar-refractivity contribution in [2.75, 3.05) is 20.2 Å². The number of aromatic nitrogens is 1. The average molecular weight is 410 g/mol. The molecule has 0 saturated carbocycles. The molecule has 0 aliphatic heterocycles. The number of likely N-dealkylation sites (N-methyl/N-ethyl adjacent to an activating group) is 1. The van der Waals surface area contributed by atoms with Gasteiger partial charge in [-0.1, -0.05) is 53.0 Å². The van der Waals surface area contributed by atoms with Crippen LogP contribution >= 0.6 is 34.8 Å². The van der Waals surface area contributed by atoms with Crippen molar-refractivity contribution in [3.63, 3.8) is 0 Å². The Hall–Kier alpha value is -1.85. The third-order valence-corrected chi connectivity index (χ3v) is 5.33. The first kappa shape index (κ1) is 18.9. The van der Waals surface area contributed by atoms with Crippen LogP contribution in [-0.2, 0) is 0 Å². The maximum Gasteiger partial charge on any atom is 0.254 e. The molecule has 3 rings (SSSR count). The molecule has 1 amide bonds. The van der Waals surface area contributed by atoms with Crippen molar-refractivity contribution in [1.29, 1.82) is 0 Å². The van der Waals surface area contributed by atoms with E-state index in [0.29, 0.717) is 27.4 Å². The summed E-state index contributed by atoms with van der Waals surface area (Å²) in [6.07, 6.45) is 0. The summed E-state index contributed by atoms with van der Waals surface area (Å²) < 4.78 is 0. The number of rotatable bonds is 4. The van der Waals surface area contributed by atoms with Crippen LogP contribution in [0.1, 0.15) is 10.4 Å². The van der Waals surface area contributed by atoms with Gasteiger partial charge in [-0.2, -0.15) is 0 Å². The SMILES string of the molecule is CN(CCO)C(=O)c1cc(-c2ccc(Cl)c(Cl)c2Cl)nc2ccccc12. The summed E-state index contributed by atoms with van der Waals surface area (Å²) >= 11 is 18.5. The second kappa shape index (κ2) is 7.80. The molecule has 0 atom stereocenters. The van der Waals surface area contributed by atoms with E-state index in [9.17, 15) is 4.79 Å². The molecule has 0 fully saturated rings. The van der Waals surface area contributed by atoms with E-state index in [1.54, 1.807) is 25.2 Å². The first-order valence-corrected chi connectivity index (χ1v) is 8.97. The number of aliphatic hydroxyl groups excluding tert-OH is 1. The molecular formula is C19H15Cl3N2O2. The molecular weight excluding hydrogens is 395 g/mol. The Balaban J connectivity index is 2.23. The van der Waals surface area contributed by atoms with Gasteiger partial charge in [0.1, 0.15) is 0 Å². The quantitative estimate of drug-likeness (QED) is 0.622. The lowest BCUT2D eigenvalue weighted by molar-refractivity contribution is 0.0769. The van der Waals surface area contributed by atoms with Crippen molar-refractivity contribution < 1.29 is 9.90 Å². The molecule has 1 aromatic heterocycles. The zero-order valence-electron chi connectivity index (χ0n) is 13.8. The van der Waals surface area contributed by atoms with Gasteiger partial charge in [0, 0.05) is 24.5 Å². The minimum absolute atomic E-state index is 0.114. The molecule has 7 heteroatoms. The number of fused-ring (bicyclic) bond motifs is 1. The summed E-state index contributed by atoms with van der Waals surface area (Å²) in [5, 5.41) is 10.7. The van der Waals surface area contributed by atoms with Gasteiger partial charge in [0.2, 0.25) is 0 Å². The Kier molecular flexibility index (Phi) is 5.68. The van der Waals surface area contributed by atoms with Gasteiger partial charge in [0.15, 0.2) is 0 Å². The number of carbonyl (C=O) groups excluding carboxylic acids is 1. The van der Waals surface area contributed by atoms with E-state index in [4.69, 9.17) is 39.9 Å². The number of hydrogen-bond donors (Lipinski definition) is 1. The van der Waals surface area contributed by atoms with Crippen molar-refractivity contribution in [3.05, 3.63) is 63.1 Å². The molecule has 134 valence electrons. The molecule has 0 saturated heterocycles. The number of hydrogen-bond acceptors (Lipinski definition) is 3. The van der Waals surface area contributed by atoms with Gasteiger partial charge in [0.25, 0.3) is 5.91 Å². The number of nitrogens with zero attached hydrogens (tertiary/aromatic N) is 2. The number of benzene rings is 2. The molecule has 0 radical (unpaired) electrons.